The zero-order chi connectivity index (χ0) is 16.2. The summed E-state index contributed by atoms with van der Waals surface area (Å²) in [6.45, 7) is 4.76. The predicted octanol–water partition coefficient (Wildman–Crippen LogP) is 3.67. The Morgan fingerprint density at radius 2 is 2.22 bits per heavy atom. The largest absolute Gasteiger partial charge is 0.365 e. The quantitative estimate of drug-likeness (QED) is 0.856. The number of nitrogens with zero attached hydrogens (tertiary/aromatic N) is 3. The Labute approximate surface area is 136 Å². The summed E-state index contributed by atoms with van der Waals surface area (Å²) in [4.78, 5) is 21.3. The number of hydrogen-bond acceptors (Lipinski definition) is 4. The second kappa shape index (κ2) is 6.94. The van der Waals surface area contributed by atoms with Crippen molar-refractivity contribution < 1.29 is 0 Å². The van der Waals surface area contributed by atoms with Crippen molar-refractivity contribution in [2.24, 2.45) is 0 Å². The molecule has 0 fully saturated rings. The molecule has 3 rings (SSSR count). The normalized spacial score (nSPS) is 15.0. The number of hydrogen-bond donors (Lipinski definition) is 1. The highest BCUT2D eigenvalue weighted by Crippen LogP contribution is 2.20. The lowest BCUT2D eigenvalue weighted by molar-refractivity contribution is 0.598. The van der Waals surface area contributed by atoms with Crippen LogP contribution in [-0.4, -0.2) is 21.1 Å². The van der Waals surface area contributed by atoms with E-state index in [1.165, 1.54) is 31.3 Å². The summed E-state index contributed by atoms with van der Waals surface area (Å²) in [6.07, 6.45) is 11.7. The predicted molar refractivity (Wildman–Crippen MR) is 93.8 cm³/mol. The molecule has 0 amide bonds. The average molecular weight is 312 g/mol. The van der Waals surface area contributed by atoms with Gasteiger partial charge in [-0.1, -0.05) is 11.6 Å². The smallest absolute Gasteiger partial charge is 0.294 e. The number of fused-ring (bicyclic) bond motifs is 1. The molecule has 0 saturated carbocycles. The van der Waals surface area contributed by atoms with Crippen molar-refractivity contribution in [3.63, 3.8) is 0 Å². The van der Waals surface area contributed by atoms with Gasteiger partial charge in [0.2, 0.25) is 0 Å². The van der Waals surface area contributed by atoms with Gasteiger partial charge >= 0.3 is 0 Å². The van der Waals surface area contributed by atoms with Gasteiger partial charge in [-0.15, -0.1) is 0 Å². The molecule has 2 heterocycles. The summed E-state index contributed by atoms with van der Waals surface area (Å²) >= 11 is 0. The monoisotopic (exact) mass is 312 g/mol. The summed E-state index contributed by atoms with van der Waals surface area (Å²) < 4.78 is 1.76. The van der Waals surface area contributed by atoms with Crippen LogP contribution in [0.1, 0.15) is 52.0 Å². The van der Waals surface area contributed by atoms with Gasteiger partial charge in [0.05, 0.1) is 17.2 Å². The summed E-state index contributed by atoms with van der Waals surface area (Å²) in [5, 5.41) is 3.24. The zero-order valence-electron chi connectivity index (χ0n) is 13.9. The summed E-state index contributed by atoms with van der Waals surface area (Å²) in [5.74, 6) is 0.439. The Balaban J connectivity index is 1.84. The number of allylic oxidation sites excluding steroid dienone is 1. The lowest BCUT2D eigenvalue weighted by atomic mass is 9.97. The van der Waals surface area contributed by atoms with Crippen LogP contribution in [0.4, 0.5) is 5.82 Å². The molecule has 1 aliphatic rings. The maximum Gasteiger partial charge on any atom is 0.294 e. The lowest BCUT2D eigenvalue weighted by Crippen LogP contribution is -2.27. The van der Waals surface area contributed by atoms with Crippen LogP contribution < -0.4 is 10.9 Å². The molecule has 0 bridgehead atoms. The van der Waals surface area contributed by atoms with Crippen LogP contribution in [0.5, 0.6) is 0 Å². The first kappa shape index (κ1) is 15.7. The van der Waals surface area contributed by atoms with Crippen molar-refractivity contribution in [3.8, 4) is 0 Å². The highest BCUT2D eigenvalue weighted by molar-refractivity contribution is 5.75. The van der Waals surface area contributed by atoms with Crippen LogP contribution in [0.2, 0.25) is 0 Å². The molecule has 0 radical (unpaired) electrons. The summed E-state index contributed by atoms with van der Waals surface area (Å²) in [5.41, 5.74) is 3.01. The van der Waals surface area contributed by atoms with Gasteiger partial charge in [-0.05, 0) is 52.0 Å². The Kier molecular flexibility index (Phi) is 4.74. The van der Waals surface area contributed by atoms with Crippen molar-refractivity contribution in [3.05, 3.63) is 40.5 Å². The second-order valence-electron chi connectivity index (χ2n) is 6.38. The molecule has 0 aromatic carbocycles. The van der Waals surface area contributed by atoms with Crippen LogP contribution in [0.25, 0.3) is 11.0 Å². The van der Waals surface area contributed by atoms with Crippen molar-refractivity contribution in [2.45, 2.75) is 52.0 Å². The third-order valence-electron chi connectivity index (χ3n) is 4.33. The van der Waals surface area contributed by atoms with E-state index in [9.17, 15) is 4.79 Å². The highest BCUT2D eigenvalue weighted by atomic mass is 16.1. The third kappa shape index (κ3) is 3.44. The average Bonchev–Trinajstić information content (AvgIpc) is 2.56. The Hall–Kier alpha value is -2.17. The molecule has 2 aromatic rings. The van der Waals surface area contributed by atoms with E-state index >= 15 is 0 Å². The van der Waals surface area contributed by atoms with Gasteiger partial charge < -0.3 is 5.32 Å². The van der Waals surface area contributed by atoms with Crippen LogP contribution >= 0.6 is 0 Å². The molecule has 0 atom stereocenters. The molecule has 0 saturated heterocycles. The molecule has 2 aromatic heterocycles. The Bertz CT molecular complexity index is 776. The minimum Gasteiger partial charge on any atom is -0.365 e. The highest BCUT2D eigenvalue weighted by Gasteiger charge is 2.13. The fourth-order valence-corrected chi connectivity index (χ4v) is 3.15. The van der Waals surface area contributed by atoms with E-state index in [0.29, 0.717) is 5.82 Å². The van der Waals surface area contributed by atoms with Crippen molar-refractivity contribution in [1.82, 2.24) is 14.5 Å². The van der Waals surface area contributed by atoms with Crippen molar-refractivity contribution in [2.75, 3.05) is 11.9 Å². The molecule has 0 unspecified atom stereocenters. The minimum absolute atomic E-state index is 0.0683. The van der Waals surface area contributed by atoms with Gasteiger partial charge in [0.1, 0.15) is 0 Å². The topological polar surface area (TPSA) is 59.8 Å². The van der Waals surface area contributed by atoms with Gasteiger partial charge in [0.25, 0.3) is 5.56 Å². The molecular formula is C18H24N4O. The van der Waals surface area contributed by atoms with E-state index in [-0.39, 0.29) is 11.6 Å². The van der Waals surface area contributed by atoms with Gasteiger partial charge in [0, 0.05) is 18.8 Å². The van der Waals surface area contributed by atoms with Gasteiger partial charge in [0.15, 0.2) is 5.82 Å². The van der Waals surface area contributed by atoms with Gasteiger partial charge in [-0.2, -0.15) is 0 Å². The standard InChI is InChI=1S/C18H24N4O/c1-13(2)22-16-12-19-10-9-15(16)21-17(18(22)23)20-11-8-14-6-4-3-5-7-14/h6,9-10,12-13H,3-5,7-8,11H2,1-2H3,(H,20,21). The fraction of sp³-hybridized carbons (Fsp3) is 0.500. The van der Waals surface area contributed by atoms with Crippen LogP contribution in [0.15, 0.2) is 34.9 Å². The van der Waals surface area contributed by atoms with E-state index in [1.807, 2.05) is 19.9 Å². The number of pyridine rings is 1. The molecule has 5 nitrogen and oxygen atoms in total. The number of nitrogens with one attached hydrogen (secondary N) is 1. The molecule has 1 aliphatic carbocycles. The van der Waals surface area contributed by atoms with Crippen molar-refractivity contribution in [1.29, 1.82) is 0 Å². The maximum atomic E-state index is 12.7. The van der Waals surface area contributed by atoms with Crippen molar-refractivity contribution >= 4 is 16.9 Å². The summed E-state index contributed by atoms with van der Waals surface area (Å²) in [7, 11) is 0. The molecule has 122 valence electrons. The van der Waals surface area contributed by atoms with Crippen LogP contribution in [-0.2, 0) is 0 Å². The second-order valence-corrected chi connectivity index (χ2v) is 6.38. The molecular weight excluding hydrogens is 288 g/mol. The summed E-state index contributed by atoms with van der Waals surface area (Å²) in [6, 6.07) is 1.92. The Morgan fingerprint density at radius 3 is 2.96 bits per heavy atom. The van der Waals surface area contributed by atoms with E-state index in [4.69, 9.17) is 0 Å². The molecule has 0 aliphatic heterocycles. The van der Waals surface area contributed by atoms with E-state index in [1.54, 1.807) is 17.0 Å². The van der Waals surface area contributed by atoms with Gasteiger partial charge in [-0.3, -0.25) is 14.3 Å². The van der Waals surface area contributed by atoms with E-state index in [2.05, 4.69) is 21.4 Å². The minimum atomic E-state index is -0.0712. The first-order chi connectivity index (χ1) is 11.2. The first-order valence-electron chi connectivity index (χ1n) is 8.45. The fourth-order valence-electron chi connectivity index (χ4n) is 3.15. The molecule has 23 heavy (non-hydrogen) atoms. The molecule has 1 N–H and O–H groups in total. The van der Waals surface area contributed by atoms with Crippen LogP contribution in [0, 0.1) is 0 Å². The first-order valence-corrected chi connectivity index (χ1v) is 8.45. The lowest BCUT2D eigenvalue weighted by Gasteiger charge is -2.16. The Morgan fingerprint density at radius 1 is 1.35 bits per heavy atom. The van der Waals surface area contributed by atoms with E-state index in [0.717, 1.165) is 24.0 Å². The number of aromatic nitrogens is 3. The molecule has 0 spiro atoms. The third-order valence-corrected chi connectivity index (χ3v) is 4.33. The number of rotatable bonds is 5. The SMILES string of the molecule is CC(C)n1c(=O)c(NCCC2=CCCCC2)nc2ccncc21. The number of anilines is 1. The maximum absolute atomic E-state index is 12.7. The zero-order valence-corrected chi connectivity index (χ0v) is 13.9. The van der Waals surface area contributed by atoms with E-state index < -0.39 is 0 Å². The van der Waals surface area contributed by atoms with Gasteiger partial charge in [-0.25, -0.2) is 4.98 Å². The van der Waals surface area contributed by atoms with Crippen LogP contribution in [0.3, 0.4) is 0 Å². The molecule has 5 heteroatoms.